The molecule has 0 unspecified atom stereocenters. The average Bonchev–Trinajstić information content (AvgIpc) is 2.39. The first-order valence-corrected chi connectivity index (χ1v) is 6.16. The van der Waals surface area contributed by atoms with Crippen LogP contribution in [-0.2, 0) is 9.84 Å². The van der Waals surface area contributed by atoms with Crippen LogP contribution in [0.25, 0.3) is 5.57 Å². The van der Waals surface area contributed by atoms with Gasteiger partial charge in [0.2, 0.25) is 9.84 Å². The van der Waals surface area contributed by atoms with E-state index in [9.17, 15) is 13.5 Å². The average molecular weight is 224 g/mol. The van der Waals surface area contributed by atoms with E-state index < -0.39 is 15.4 Å². The molecule has 0 radical (unpaired) electrons. The molecular formula is C11H12O3S. The zero-order valence-corrected chi connectivity index (χ0v) is 9.38. The van der Waals surface area contributed by atoms with Crippen LogP contribution in [0.1, 0.15) is 19.4 Å². The molecule has 4 heteroatoms. The van der Waals surface area contributed by atoms with Gasteiger partial charge in [-0.05, 0) is 19.9 Å². The smallest absolute Gasteiger partial charge is 0.200 e. The topological polar surface area (TPSA) is 54.4 Å². The third-order valence-electron chi connectivity index (χ3n) is 2.42. The molecule has 0 amide bonds. The van der Waals surface area contributed by atoms with Gasteiger partial charge in [-0.15, -0.1) is 0 Å². The Morgan fingerprint density at radius 1 is 1.20 bits per heavy atom. The van der Waals surface area contributed by atoms with Crippen molar-refractivity contribution < 1.29 is 13.5 Å². The van der Waals surface area contributed by atoms with Crippen molar-refractivity contribution in [3.63, 3.8) is 0 Å². The van der Waals surface area contributed by atoms with Crippen LogP contribution in [0.2, 0.25) is 0 Å². The third-order valence-corrected chi connectivity index (χ3v) is 3.93. The van der Waals surface area contributed by atoms with Crippen LogP contribution in [0.15, 0.2) is 34.6 Å². The number of rotatable bonds is 1. The molecule has 0 aromatic heterocycles. The lowest BCUT2D eigenvalue weighted by Crippen LogP contribution is -2.19. The SMILES string of the molecule is CC(C)(O)C1=CS(=O)(=O)c2ccccc21. The summed E-state index contributed by atoms with van der Waals surface area (Å²) in [4.78, 5) is 0.280. The fourth-order valence-corrected chi connectivity index (χ4v) is 3.30. The van der Waals surface area contributed by atoms with Crippen molar-refractivity contribution >= 4 is 15.4 Å². The van der Waals surface area contributed by atoms with Gasteiger partial charge >= 0.3 is 0 Å². The van der Waals surface area contributed by atoms with Gasteiger partial charge in [0.25, 0.3) is 0 Å². The molecule has 1 aliphatic heterocycles. The summed E-state index contributed by atoms with van der Waals surface area (Å²) in [6, 6.07) is 6.71. The van der Waals surface area contributed by atoms with Crippen molar-refractivity contribution in [1.82, 2.24) is 0 Å². The van der Waals surface area contributed by atoms with E-state index in [-0.39, 0.29) is 4.90 Å². The number of hydrogen-bond acceptors (Lipinski definition) is 3. The molecule has 0 aliphatic carbocycles. The Hall–Kier alpha value is -1.13. The van der Waals surface area contributed by atoms with Crippen molar-refractivity contribution in [2.24, 2.45) is 0 Å². The summed E-state index contributed by atoms with van der Waals surface area (Å²) < 4.78 is 23.4. The van der Waals surface area contributed by atoms with Crippen LogP contribution in [0, 0.1) is 0 Å². The van der Waals surface area contributed by atoms with Crippen molar-refractivity contribution in [2.75, 3.05) is 0 Å². The standard InChI is InChI=1S/C11H12O3S/c1-11(2,12)9-7-15(13,14)10-6-4-3-5-8(9)10/h3-7,12H,1-2H3. The van der Waals surface area contributed by atoms with Gasteiger partial charge in [0.1, 0.15) is 0 Å². The molecule has 1 N–H and O–H groups in total. The van der Waals surface area contributed by atoms with Crippen LogP contribution < -0.4 is 0 Å². The zero-order valence-electron chi connectivity index (χ0n) is 8.56. The maximum Gasteiger partial charge on any atom is 0.200 e. The van der Waals surface area contributed by atoms with Gasteiger partial charge in [-0.25, -0.2) is 8.42 Å². The molecular weight excluding hydrogens is 212 g/mol. The molecule has 1 aromatic carbocycles. The molecule has 1 heterocycles. The Kier molecular flexibility index (Phi) is 2.03. The van der Waals surface area contributed by atoms with Gasteiger partial charge < -0.3 is 5.11 Å². The van der Waals surface area contributed by atoms with Gasteiger partial charge in [-0.2, -0.15) is 0 Å². The van der Waals surface area contributed by atoms with Gasteiger partial charge in [0.05, 0.1) is 10.5 Å². The summed E-state index contributed by atoms with van der Waals surface area (Å²) in [5.41, 5.74) is -0.0808. The Bertz CT molecular complexity index is 533. The summed E-state index contributed by atoms with van der Waals surface area (Å²) in [7, 11) is -3.36. The third kappa shape index (κ3) is 1.60. The molecule has 0 saturated heterocycles. The van der Waals surface area contributed by atoms with E-state index in [4.69, 9.17) is 0 Å². The molecule has 3 nitrogen and oxygen atoms in total. The van der Waals surface area contributed by atoms with Crippen LogP contribution in [0.3, 0.4) is 0 Å². The monoisotopic (exact) mass is 224 g/mol. The molecule has 0 spiro atoms. The molecule has 0 bridgehead atoms. The highest BCUT2D eigenvalue weighted by atomic mass is 32.2. The number of fused-ring (bicyclic) bond motifs is 1. The quantitative estimate of drug-likeness (QED) is 0.788. The molecule has 15 heavy (non-hydrogen) atoms. The predicted octanol–water partition coefficient (Wildman–Crippen LogP) is 1.59. The number of aliphatic hydroxyl groups is 1. The van der Waals surface area contributed by atoms with Crippen LogP contribution in [0.5, 0.6) is 0 Å². The van der Waals surface area contributed by atoms with Gasteiger partial charge in [-0.1, -0.05) is 18.2 Å². The Morgan fingerprint density at radius 3 is 2.40 bits per heavy atom. The van der Waals surface area contributed by atoms with Crippen LogP contribution in [0.4, 0.5) is 0 Å². The summed E-state index contributed by atoms with van der Waals surface area (Å²) in [5, 5.41) is 11.0. The van der Waals surface area contributed by atoms with Gasteiger partial charge in [0, 0.05) is 16.5 Å². The first-order valence-electron chi connectivity index (χ1n) is 4.61. The van der Waals surface area contributed by atoms with E-state index in [1.165, 1.54) is 0 Å². The second-order valence-corrected chi connectivity index (χ2v) is 5.90. The lowest BCUT2D eigenvalue weighted by Gasteiger charge is -2.19. The van der Waals surface area contributed by atoms with Crippen molar-refractivity contribution in [3.05, 3.63) is 35.2 Å². The maximum atomic E-state index is 11.7. The van der Waals surface area contributed by atoms with E-state index in [0.717, 1.165) is 5.41 Å². The fourth-order valence-electron chi connectivity index (χ4n) is 1.69. The highest BCUT2D eigenvalue weighted by Gasteiger charge is 2.33. The Balaban J connectivity index is 2.75. The molecule has 1 aliphatic rings. The normalized spacial score (nSPS) is 18.5. The number of hydrogen-bond donors (Lipinski definition) is 1. The summed E-state index contributed by atoms with van der Waals surface area (Å²) >= 11 is 0. The highest BCUT2D eigenvalue weighted by molar-refractivity contribution is 7.95. The fraction of sp³-hybridized carbons (Fsp3) is 0.273. The lowest BCUT2D eigenvalue weighted by atomic mass is 9.93. The van der Waals surface area contributed by atoms with Crippen molar-refractivity contribution in [3.8, 4) is 0 Å². The number of benzene rings is 1. The molecule has 0 atom stereocenters. The maximum absolute atomic E-state index is 11.7. The largest absolute Gasteiger partial charge is 0.386 e. The minimum absolute atomic E-state index is 0.280. The van der Waals surface area contributed by atoms with E-state index in [0.29, 0.717) is 11.1 Å². The molecule has 0 fully saturated rings. The summed E-state index contributed by atoms with van der Waals surface area (Å²) in [6.07, 6.45) is 0. The minimum Gasteiger partial charge on any atom is -0.386 e. The molecule has 2 rings (SSSR count). The van der Waals surface area contributed by atoms with Gasteiger partial charge in [0.15, 0.2) is 0 Å². The van der Waals surface area contributed by atoms with E-state index >= 15 is 0 Å². The van der Waals surface area contributed by atoms with E-state index in [1.807, 2.05) is 0 Å². The van der Waals surface area contributed by atoms with Crippen LogP contribution >= 0.6 is 0 Å². The van der Waals surface area contributed by atoms with Crippen molar-refractivity contribution in [2.45, 2.75) is 24.3 Å². The van der Waals surface area contributed by atoms with Gasteiger partial charge in [-0.3, -0.25) is 0 Å². The number of sulfone groups is 1. The lowest BCUT2D eigenvalue weighted by molar-refractivity contribution is 0.144. The Morgan fingerprint density at radius 2 is 1.80 bits per heavy atom. The predicted molar refractivity (Wildman–Crippen MR) is 57.9 cm³/mol. The summed E-state index contributed by atoms with van der Waals surface area (Å²) in [6.45, 7) is 3.16. The molecule has 1 aromatic rings. The molecule has 0 saturated carbocycles. The van der Waals surface area contributed by atoms with E-state index in [1.54, 1.807) is 38.1 Å². The van der Waals surface area contributed by atoms with Crippen molar-refractivity contribution in [1.29, 1.82) is 0 Å². The first kappa shape index (κ1) is 10.4. The molecule has 80 valence electrons. The summed E-state index contributed by atoms with van der Waals surface area (Å²) in [5.74, 6) is 0. The highest BCUT2D eigenvalue weighted by Crippen LogP contribution is 2.38. The van der Waals surface area contributed by atoms with Crippen LogP contribution in [-0.4, -0.2) is 19.1 Å². The first-order chi connectivity index (χ1) is 6.82. The zero-order chi connectivity index (χ0) is 11.3. The second kappa shape index (κ2) is 2.93. The Labute approximate surface area is 89.0 Å². The second-order valence-electron chi connectivity index (χ2n) is 4.13. The minimum atomic E-state index is -3.36. The van der Waals surface area contributed by atoms with E-state index in [2.05, 4.69) is 0 Å².